The van der Waals surface area contributed by atoms with E-state index in [0.29, 0.717) is 17.3 Å². The van der Waals surface area contributed by atoms with E-state index >= 15 is 0 Å². The first kappa shape index (κ1) is 25.3. The summed E-state index contributed by atoms with van der Waals surface area (Å²) in [5.41, 5.74) is -1.21. The quantitative estimate of drug-likeness (QED) is 0.400. The molecule has 7 nitrogen and oxygen atoms in total. The number of rotatable bonds is 5. The van der Waals surface area contributed by atoms with Crippen LogP contribution in [-0.4, -0.2) is 39.7 Å². The summed E-state index contributed by atoms with van der Waals surface area (Å²) in [5, 5.41) is 0. The van der Waals surface area contributed by atoms with Gasteiger partial charge in [-0.3, -0.25) is 0 Å². The van der Waals surface area contributed by atoms with Crippen LogP contribution < -0.4 is 4.74 Å². The number of carbonyl (C=O) groups excluding carboxylic acids is 1. The molecular formula is C23H25F4N3O4. The Hall–Kier alpha value is -3.37. The number of benzene rings is 1. The van der Waals surface area contributed by atoms with Crippen LogP contribution in [0.25, 0.3) is 5.76 Å². The fraction of sp³-hybridized carbons (Fsp3) is 0.435. The highest BCUT2D eigenvalue weighted by Crippen LogP contribution is 2.40. The number of ether oxygens (including phenoxy) is 3. The maximum atomic E-state index is 13.5. The minimum absolute atomic E-state index is 0.00249. The second-order valence-corrected chi connectivity index (χ2v) is 8.53. The summed E-state index contributed by atoms with van der Waals surface area (Å²) >= 11 is 0. The maximum absolute atomic E-state index is 13.5. The third-order valence-corrected chi connectivity index (χ3v) is 4.70. The summed E-state index contributed by atoms with van der Waals surface area (Å²) in [5.74, 6) is -1.74. The van der Waals surface area contributed by atoms with Gasteiger partial charge in [0.15, 0.2) is 11.6 Å². The van der Waals surface area contributed by atoms with Gasteiger partial charge < -0.3 is 19.1 Å². The molecule has 1 aliphatic heterocycles. The third-order valence-electron chi connectivity index (χ3n) is 4.70. The Morgan fingerprint density at radius 1 is 1.21 bits per heavy atom. The molecule has 34 heavy (non-hydrogen) atoms. The Morgan fingerprint density at radius 2 is 1.91 bits per heavy atom. The van der Waals surface area contributed by atoms with Gasteiger partial charge >= 0.3 is 12.3 Å². The van der Waals surface area contributed by atoms with Gasteiger partial charge in [0.1, 0.15) is 22.7 Å². The van der Waals surface area contributed by atoms with Crippen molar-refractivity contribution in [1.29, 1.82) is 0 Å². The second-order valence-electron chi connectivity index (χ2n) is 8.53. The van der Waals surface area contributed by atoms with Crippen molar-refractivity contribution in [3.63, 3.8) is 0 Å². The third kappa shape index (κ3) is 5.95. The van der Waals surface area contributed by atoms with Crippen molar-refractivity contribution in [1.82, 2.24) is 14.9 Å². The van der Waals surface area contributed by atoms with Crippen LogP contribution in [0.1, 0.15) is 50.3 Å². The highest BCUT2D eigenvalue weighted by Gasteiger charge is 2.36. The Bertz CT molecular complexity index is 1100. The molecule has 0 spiro atoms. The lowest BCUT2D eigenvalue weighted by Gasteiger charge is -2.31. The SMILES string of the molecule is C=C(OCC)c1nc2c(c(Oc3ccc(F)cc3C(F)(F)F)n1)CCN(C(=O)OC(C)(C)C)C2. The van der Waals surface area contributed by atoms with E-state index in [1.54, 1.807) is 27.7 Å². The number of alkyl halides is 3. The molecule has 0 bridgehead atoms. The molecule has 11 heteroatoms. The van der Waals surface area contributed by atoms with Gasteiger partial charge in [0, 0.05) is 12.1 Å². The molecule has 3 rings (SSSR count). The lowest BCUT2D eigenvalue weighted by Crippen LogP contribution is -2.40. The zero-order valence-electron chi connectivity index (χ0n) is 19.3. The van der Waals surface area contributed by atoms with Gasteiger partial charge in [-0.2, -0.15) is 18.2 Å². The fourth-order valence-corrected chi connectivity index (χ4v) is 3.24. The molecule has 0 saturated carbocycles. The fourth-order valence-electron chi connectivity index (χ4n) is 3.24. The predicted molar refractivity (Wildman–Crippen MR) is 115 cm³/mol. The maximum Gasteiger partial charge on any atom is 0.420 e. The largest absolute Gasteiger partial charge is 0.491 e. The Morgan fingerprint density at radius 3 is 2.53 bits per heavy atom. The molecule has 0 atom stereocenters. The summed E-state index contributed by atoms with van der Waals surface area (Å²) in [6.07, 6.45) is -5.20. The van der Waals surface area contributed by atoms with Gasteiger partial charge in [-0.1, -0.05) is 6.58 Å². The first-order valence-corrected chi connectivity index (χ1v) is 10.5. The summed E-state index contributed by atoms with van der Waals surface area (Å²) in [6.45, 7) is 11.2. The molecule has 0 unspecified atom stereocenters. The average molecular weight is 483 g/mol. The molecule has 0 saturated heterocycles. The molecule has 0 radical (unpaired) electrons. The van der Waals surface area contributed by atoms with E-state index in [1.807, 2.05) is 0 Å². The molecule has 2 heterocycles. The number of aromatic nitrogens is 2. The molecule has 1 aromatic carbocycles. The number of amides is 1. The molecule has 1 aliphatic rings. The van der Waals surface area contributed by atoms with Gasteiger partial charge in [-0.15, -0.1) is 0 Å². The highest BCUT2D eigenvalue weighted by molar-refractivity contribution is 5.68. The number of carbonyl (C=O) groups is 1. The number of nitrogens with zero attached hydrogens (tertiary/aromatic N) is 3. The molecule has 1 aromatic heterocycles. The molecule has 0 N–H and O–H groups in total. The minimum atomic E-state index is -4.85. The zero-order valence-corrected chi connectivity index (χ0v) is 19.3. The molecule has 0 aliphatic carbocycles. The Kier molecular flexibility index (Phi) is 7.04. The van der Waals surface area contributed by atoms with Gasteiger partial charge in [0.2, 0.25) is 5.88 Å². The molecule has 0 fully saturated rings. The van der Waals surface area contributed by atoms with E-state index in [9.17, 15) is 22.4 Å². The average Bonchev–Trinajstić information content (AvgIpc) is 2.72. The lowest BCUT2D eigenvalue weighted by atomic mass is 10.1. The van der Waals surface area contributed by atoms with Crippen molar-refractivity contribution in [2.45, 2.75) is 52.4 Å². The van der Waals surface area contributed by atoms with Gasteiger partial charge in [0.05, 0.1) is 18.8 Å². The van der Waals surface area contributed by atoms with E-state index in [4.69, 9.17) is 14.2 Å². The van der Waals surface area contributed by atoms with Gasteiger partial charge in [-0.05, 0) is 52.3 Å². The monoisotopic (exact) mass is 483 g/mol. The van der Waals surface area contributed by atoms with Crippen LogP contribution in [0.4, 0.5) is 22.4 Å². The van der Waals surface area contributed by atoms with Crippen molar-refractivity contribution >= 4 is 11.9 Å². The first-order valence-electron chi connectivity index (χ1n) is 10.5. The number of halogens is 4. The highest BCUT2D eigenvalue weighted by atomic mass is 19.4. The van der Waals surface area contributed by atoms with Crippen LogP contribution in [0.3, 0.4) is 0 Å². The molecule has 184 valence electrons. The Balaban J connectivity index is 2.03. The number of hydrogen-bond donors (Lipinski definition) is 0. The summed E-state index contributed by atoms with van der Waals surface area (Å²) < 4.78 is 70.3. The van der Waals surface area contributed by atoms with Crippen molar-refractivity contribution in [3.8, 4) is 11.6 Å². The topological polar surface area (TPSA) is 73.8 Å². The lowest BCUT2D eigenvalue weighted by molar-refractivity contribution is -0.138. The number of hydrogen-bond acceptors (Lipinski definition) is 6. The summed E-state index contributed by atoms with van der Waals surface area (Å²) in [7, 11) is 0. The van der Waals surface area contributed by atoms with Crippen molar-refractivity contribution < 1.29 is 36.6 Å². The first-order chi connectivity index (χ1) is 15.8. The smallest absolute Gasteiger partial charge is 0.420 e. The van der Waals surface area contributed by atoms with Crippen LogP contribution in [0.2, 0.25) is 0 Å². The zero-order chi connectivity index (χ0) is 25.3. The predicted octanol–water partition coefficient (Wildman–Crippen LogP) is 5.73. The number of fused-ring (bicyclic) bond motifs is 1. The Labute approximate surface area is 194 Å². The second kappa shape index (κ2) is 9.47. The van der Waals surface area contributed by atoms with Crippen molar-refractivity contribution in [2.75, 3.05) is 13.2 Å². The minimum Gasteiger partial charge on any atom is -0.491 e. The molecule has 1 amide bonds. The normalized spacial score (nSPS) is 13.8. The van der Waals surface area contributed by atoms with Crippen LogP contribution in [0.5, 0.6) is 11.6 Å². The van der Waals surface area contributed by atoms with Crippen LogP contribution in [0.15, 0.2) is 24.8 Å². The van der Waals surface area contributed by atoms with E-state index in [0.717, 1.165) is 12.1 Å². The van der Waals surface area contributed by atoms with Crippen LogP contribution in [-0.2, 0) is 28.6 Å². The van der Waals surface area contributed by atoms with E-state index < -0.39 is 35.0 Å². The van der Waals surface area contributed by atoms with Gasteiger partial charge in [0.25, 0.3) is 0 Å². The summed E-state index contributed by atoms with van der Waals surface area (Å²) in [4.78, 5) is 22.6. The summed E-state index contributed by atoms with van der Waals surface area (Å²) in [6, 6.07) is 2.11. The van der Waals surface area contributed by atoms with Crippen LogP contribution >= 0.6 is 0 Å². The van der Waals surface area contributed by atoms with E-state index in [-0.39, 0.29) is 43.6 Å². The standard InChI is InChI=1S/C23H25F4N3O4/c1-6-32-13(2)19-28-17-12-30(21(31)34-22(3,4)5)10-9-15(17)20(29-19)33-18-8-7-14(24)11-16(18)23(25,26)27/h7-8,11H,2,6,9-10,12H2,1,3-5H3. The molecular weight excluding hydrogens is 458 g/mol. The van der Waals surface area contributed by atoms with Crippen molar-refractivity contribution in [2.24, 2.45) is 0 Å². The van der Waals surface area contributed by atoms with Crippen LogP contribution in [0, 0.1) is 5.82 Å². The van der Waals surface area contributed by atoms with E-state index in [2.05, 4.69) is 16.5 Å². The van der Waals surface area contributed by atoms with E-state index in [1.165, 1.54) is 4.90 Å². The van der Waals surface area contributed by atoms with Crippen molar-refractivity contribution in [3.05, 3.63) is 53.2 Å². The molecule has 2 aromatic rings. The van der Waals surface area contributed by atoms with Gasteiger partial charge in [-0.25, -0.2) is 14.2 Å².